The highest BCUT2D eigenvalue weighted by Crippen LogP contribution is 2.23. The number of nitrogens with two attached hydrogens (primary N) is 1. The van der Waals surface area contributed by atoms with Crippen molar-refractivity contribution < 1.29 is 22.6 Å². The molecule has 8 heteroatoms. The van der Waals surface area contributed by atoms with Crippen LogP contribution in [-0.4, -0.2) is 32.1 Å². The number of nitrogens with zero attached hydrogens (tertiary/aromatic N) is 1. The van der Waals surface area contributed by atoms with Crippen LogP contribution in [0.5, 0.6) is 5.75 Å². The lowest BCUT2D eigenvalue weighted by atomic mass is 10.1. The van der Waals surface area contributed by atoms with Gasteiger partial charge in [0.05, 0.1) is 19.8 Å². The van der Waals surface area contributed by atoms with Crippen LogP contribution in [0.15, 0.2) is 40.9 Å². The molecule has 1 aromatic carbocycles. The number of hydrogen-bond donors (Lipinski definition) is 2. The van der Waals surface area contributed by atoms with Gasteiger partial charge in [0, 0.05) is 5.69 Å². The van der Waals surface area contributed by atoms with Gasteiger partial charge in [0.1, 0.15) is 5.75 Å². The number of halogens is 3. The molecule has 0 spiro atoms. The van der Waals surface area contributed by atoms with Gasteiger partial charge < -0.3 is 20.5 Å². The van der Waals surface area contributed by atoms with Gasteiger partial charge in [-0.1, -0.05) is 6.08 Å². The molecule has 1 aliphatic rings. The second-order valence-corrected chi connectivity index (χ2v) is 4.59. The van der Waals surface area contributed by atoms with Crippen LogP contribution in [-0.2, 0) is 4.74 Å². The van der Waals surface area contributed by atoms with Crippen molar-refractivity contribution in [3.05, 3.63) is 35.9 Å². The summed E-state index contributed by atoms with van der Waals surface area (Å²) in [4.78, 5) is 4.17. The largest absolute Gasteiger partial charge is 0.573 e. The van der Waals surface area contributed by atoms with Crippen molar-refractivity contribution >= 4 is 11.6 Å². The molecule has 0 fully saturated rings. The molecule has 120 valence electrons. The number of benzene rings is 1. The van der Waals surface area contributed by atoms with E-state index in [1.807, 2.05) is 6.08 Å². The molecule has 0 atom stereocenters. The quantitative estimate of drug-likeness (QED) is 0.509. The molecule has 2 rings (SSSR count). The normalized spacial score (nSPS) is 16.1. The zero-order chi connectivity index (χ0) is 16.0. The van der Waals surface area contributed by atoms with E-state index in [2.05, 4.69) is 15.0 Å². The highest BCUT2D eigenvalue weighted by atomic mass is 19.4. The van der Waals surface area contributed by atoms with Crippen molar-refractivity contribution in [2.24, 2.45) is 10.7 Å². The SMILES string of the molecule is NC(=NCC1=CCOCC1)Nc1ccc(OC(F)(F)F)cc1. The summed E-state index contributed by atoms with van der Waals surface area (Å²) in [7, 11) is 0. The molecular weight excluding hydrogens is 299 g/mol. The fourth-order valence-electron chi connectivity index (χ4n) is 1.82. The van der Waals surface area contributed by atoms with Crippen LogP contribution in [0.4, 0.5) is 18.9 Å². The molecule has 1 heterocycles. The Kier molecular flexibility index (Phi) is 5.26. The van der Waals surface area contributed by atoms with Gasteiger partial charge in [0.2, 0.25) is 0 Å². The standard InChI is InChI=1S/C14H16F3N3O2/c15-14(16,17)22-12-3-1-11(2-4-12)20-13(18)19-9-10-5-7-21-8-6-10/h1-5H,6-9H2,(H3,18,19,20). The molecule has 1 aromatic rings. The number of hydrogen-bond acceptors (Lipinski definition) is 3. The topological polar surface area (TPSA) is 68.9 Å². The summed E-state index contributed by atoms with van der Waals surface area (Å²) in [6.45, 7) is 1.73. The lowest BCUT2D eigenvalue weighted by molar-refractivity contribution is -0.274. The molecule has 0 aliphatic carbocycles. The van der Waals surface area contributed by atoms with E-state index < -0.39 is 6.36 Å². The van der Waals surface area contributed by atoms with Crippen LogP contribution in [0.25, 0.3) is 0 Å². The summed E-state index contributed by atoms with van der Waals surface area (Å²) >= 11 is 0. The Labute approximate surface area is 125 Å². The molecule has 0 saturated heterocycles. The van der Waals surface area contributed by atoms with Gasteiger partial charge in [0.15, 0.2) is 5.96 Å². The summed E-state index contributed by atoms with van der Waals surface area (Å²) < 4.78 is 45.1. The maximum Gasteiger partial charge on any atom is 0.573 e. The molecule has 0 aromatic heterocycles. The minimum atomic E-state index is -4.70. The van der Waals surface area contributed by atoms with E-state index in [-0.39, 0.29) is 11.7 Å². The molecule has 5 nitrogen and oxygen atoms in total. The molecule has 22 heavy (non-hydrogen) atoms. The van der Waals surface area contributed by atoms with Crippen LogP contribution < -0.4 is 15.8 Å². The van der Waals surface area contributed by atoms with Gasteiger partial charge in [-0.05, 0) is 36.3 Å². The average molecular weight is 315 g/mol. The lowest BCUT2D eigenvalue weighted by Crippen LogP contribution is -2.23. The van der Waals surface area contributed by atoms with E-state index in [0.29, 0.717) is 25.4 Å². The van der Waals surface area contributed by atoms with Crippen LogP contribution in [0.3, 0.4) is 0 Å². The van der Waals surface area contributed by atoms with Crippen molar-refractivity contribution in [3.63, 3.8) is 0 Å². The van der Waals surface area contributed by atoms with Crippen LogP contribution in [0.1, 0.15) is 6.42 Å². The minimum absolute atomic E-state index is 0.192. The monoisotopic (exact) mass is 315 g/mol. The number of alkyl halides is 3. The Morgan fingerprint density at radius 3 is 2.64 bits per heavy atom. The number of guanidine groups is 1. The van der Waals surface area contributed by atoms with Gasteiger partial charge in [-0.15, -0.1) is 13.2 Å². The molecule has 0 radical (unpaired) electrons. The molecule has 1 aliphatic heterocycles. The zero-order valence-electron chi connectivity index (χ0n) is 11.7. The fraction of sp³-hybridized carbons (Fsp3) is 0.357. The summed E-state index contributed by atoms with van der Waals surface area (Å²) in [6.07, 6.45) is -1.92. The number of ether oxygens (including phenoxy) is 2. The Balaban J connectivity index is 1.88. The molecule has 0 saturated carbocycles. The van der Waals surface area contributed by atoms with Gasteiger partial charge in [-0.25, -0.2) is 4.99 Å². The number of nitrogens with one attached hydrogen (secondary N) is 1. The van der Waals surface area contributed by atoms with E-state index in [1.54, 1.807) is 0 Å². The Hall–Kier alpha value is -2.22. The minimum Gasteiger partial charge on any atom is -0.406 e. The van der Waals surface area contributed by atoms with E-state index in [9.17, 15) is 13.2 Å². The Morgan fingerprint density at radius 2 is 2.05 bits per heavy atom. The molecule has 0 amide bonds. The van der Waals surface area contributed by atoms with Crippen LogP contribution in [0, 0.1) is 0 Å². The summed E-state index contributed by atoms with van der Waals surface area (Å²) in [5.41, 5.74) is 7.40. The first kappa shape index (κ1) is 16.2. The summed E-state index contributed by atoms with van der Waals surface area (Å²) in [5.74, 6) is -0.0993. The second kappa shape index (κ2) is 7.17. The first-order valence-corrected chi connectivity index (χ1v) is 6.61. The predicted molar refractivity (Wildman–Crippen MR) is 76.8 cm³/mol. The summed E-state index contributed by atoms with van der Waals surface area (Å²) in [5, 5.41) is 2.80. The predicted octanol–water partition coefficient (Wildman–Crippen LogP) is 2.66. The lowest BCUT2D eigenvalue weighted by Gasteiger charge is -2.12. The van der Waals surface area contributed by atoms with E-state index in [4.69, 9.17) is 10.5 Å². The smallest absolute Gasteiger partial charge is 0.406 e. The maximum atomic E-state index is 12.0. The van der Waals surface area contributed by atoms with Crippen molar-refractivity contribution in [1.29, 1.82) is 0 Å². The van der Waals surface area contributed by atoms with Gasteiger partial charge >= 0.3 is 6.36 Å². The third kappa shape index (κ3) is 5.65. The third-order valence-electron chi connectivity index (χ3n) is 2.87. The van der Waals surface area contributed by atoms with Crippen molar-refractivity contribution in [2.75, 3.05) is 25.1 Å². The average Bonchev–Trinajstić information content (AvgIpc) is 2.47. The first-order chi connectivity index (χ1) is 10.4. The second-order valence-electron chi connectivity index (χ2n) is 4.59. The number of aliphatic imine (C=N–C) groups is 1. The van der Waals surface area contributed by atoms with Crippen molar-refractivity contribution in [3.8, 4) is 5.75 Å². The fourth-order valence-corrected chi connectivity index (χ4v) is 1.82. The molecule has 0 unspecified atom stereocenters. The number of anilines is 1. The van der Waals surface area contributed by atoms with E-state index >= 15 is 0 Å². The Bertz CT molecular complexity index is 553. The van der Waals surface area contributed by atoms with Gasteiger partial charge in [-0.2, -0.15) is 0 Å². The third-order valence-corrected chi connectivity index (χ3v) is 2.87. The van der Waals surface area contributed by atoms with Crippen molar-refractivity contribution in [1.82, 2.24) is 0 Å². The summed E-state index contributed by atoms with van der Waals surface area (Å²) in [6, 6.07) is 5.25. The van der Waals surface area contributed by atoms with Crippen LogP contribution in [0.2, 0.25) is 0 Å². The van der Waals surface area contributed by atoms with Crippen LogP contribution >= 0.6 is 0 Å². The van der Waals surface area contributed by atoms with Crippen molar-refractivity contribution in [2.45, 2.75) is 12.8 Å². The molecule has 3 N–H and O–H groups in total. The maximum absolute atomic E-state index is 12.0. The highest BCUT2D eigenvalue weighted by Gasteiger charge is 2.30. The van der Waals surface area contributed by atoms with E-state index in [1.165, 1.54) is 24.3 Å². The molecular formula is C14H16F3N3O2. The molecule has 0 bridgehead atoms. The number of rotatable bonds is 4. The zero-order valence-corrected chi connectivity index (χ0v) is 11.7. The highest BCUT2D eigenvalue weighted by molar-refractivity contribution is 5.92. The van der Waals surface area contributed by atoms with Gasteiger partial charge in [-0.3, -0.25) is 0 Å². The van der Waals surface area contributed by atoms with E-state index in [0.717, 1.165) is 12.0 Å². The Morgan fingerprint density at radius 1 is 1.32 bits per heavy atom. The first-order valence-electron chi connectivity index (χ1n) is 6.61. The van der Waals surface area contributed by atoms with Gasteiger partial charge in [0.25, 0.3) is 0 Å².